The number of nitro groups is 1. The minimum Gasteiger partial charge on any atom is -0.481 e. The summed E-state index contributed by atoms with van der Waals surface area (Å²) in [6.07, 6.45) is 1.49. The molecule has 1 N–H and O–H groups in total. The van der Waals surface area contributed by atoms with Crippen molar-refractivity contribution in [3.05, 3.63) is 27.9 Å². The third-order valence-corrected chi connectivity index (χ3v) is 2.89. The third-order valence-electron chi connectivity index (χ3n) is 2.89. The zero-order valence-corrected chi connectivity index (χ0v) is 11.2. The molecule has 7 nitrogen and oxygen atoms in total. The van der Waals surface area contributed by atoms with E-state index < -0.39 is 16.8 Å². The summed E-state index contributed by atoms with van der Waals surface area (Å²) >= 11 is 0. The van der Waals surface area contributed by atoms with Gasteiger partial charge in [0.1, 0.15) is 0 Å². The third kappa shape index (κ3) is 3.40. The average molecular weight is 267 g/mol. The molecule has 0 saturated heterocycles. The van der Waals surface area contributed by atoms with Gasteiger partial charge in [0.05, 0.1) is 10.8 Å². The summed E-state index contributed by atoms with van der Waals surface area (Å²) in [6.45, 7) is 5.64. The van der Waals surface area contributed by atoms with Crippen LogP contribution in [0.3, 0.4) is 0 Å². The first-order valence-electron chi connectivity index (χ1n) is 5.96. The van der Waals surface area contributed by atoms with Gasteiger partial charge in [0.25, 0.3) is 0 Å². The van der Waals surface area contributed by atoms with E-state index in [4.69, 9.17) is 5.11 Å². The molecule has 0 saturated carbocycles. The molecule has 0 aliphatic heterocycles. The molecule has 1 unspecified atom stereocenters. The van der Waals surface area contributed by atoms with E-state index in [1.165, 1.54) is 6.20 Å². The van der Waals surface area contributed by atoms with Gasteiger partial charge in [-0.2, -0.15) is 0 Å². The predicted octanol–water partition coefficient (Wildman–Crippen LogP) is 1.85. The highest BCUT2D eigenvalue weighted by molar-refractivity contribution is 5.71. The zero-order chi connectivity index (χ0) is 14.6. The maximum absolute atomic E-state index is 11.1. The molecule has 0 fully saturated rings. The van der Waals surface area contributed by atoms with E-state index in [-0.39, 0.29) is 18.1 Å². The Morgan fingerprint density at radius 3 is 2.74 bits per heavy atom. The number of hydrogen-bond acceptors (Lipinski definition) is 5. The lowest BCUT2D eigenvalue weighted by molar-refractivity contribution is -0.384. The molecule has 1 heterocycles. The first-order chi connectivity index (χ1) is 8.88. The number of carboxylic acid groups (broad SMARTS) is 1. The van der Waals surface area contributed by atoms with E-state index in [0.717, 1.165) is 0 Å². The van der Waals surface area contributed by atoms with E-state index >= 15 is 0 Å². The second kappa shape index (κ2) is 6.12. The van der Waals surface area contributed by atoms with Crippen molar-refractivity contribution in [3.63, 3.8) is 0 Å². The Kier molecular flexibility index (Phi) is 4.80. The number of carbonyl (C=O) groups is 1. The second-order valence-electron chi connectivity index (χ2n) is 4.34. The molecule has 19 heavy (non-hydrogen) atoms. The van der Waals surface area contributed by atoms with Crippen molar-refractivity contribution in [1.82, 2.24) is 4.98 Å². The molecule has 0 spiro atoms. The summed E-state index contributed by atoms with van der Waals surface area (Å²) in [7, 11) is 0. The Balaban J connectivity index is 3.15. The number of hydrogen-bond donors (Lipinski definition) is 1. The normalized spacial score (nSPS) is 11.9. The van der Waals surface area contributed by atoms with Crippen molar-refractivity contribution in [1.29, 1.82) is 0 Å². The Hall–Kier alpha value is -2.18. The number of anilines is 1. The fraction of sp³-hybridized carbons (Fsp3) is 0.500. The SMILES string of the molecule is CCN(CC(C)C(=O)O)c1nccc(C)c1[N+](=O)[O-]. The minimum atomic E-state index is -0.936. The number of aryl methyl sites for hydroxylation is 1. The van der Waals surface area contributed by atoms with Crippen molar-refractivity contribution in [2.24, 2.45) is 5.92 Å². The number of carboxylic acids is 1. The number of pyridine rings is 1. The van der Waals surface area contributed by atoms with E-state index in [1.807, 2.05) is 6.92 Å². The molecule has 0 aliphatic carbocycles. The zero-order valence-electron chi connectivity index (χ0n) is 11.2. The smallest absolute Gasteiger partial charge is 0.314 e. The highest BCUT2D eigenvalue weighted by Crippen LogP contribution is 2.29. The van der Waals surface area contributed by atoms with Gasteiger partial charge in [0.15, 0.2) is 0 Å². The van der Waals surface area contributed by atoms with Gasteiger partial charge in [-0.1, -0.05) is 6.92 Å². The molecular weight excluding hydrogens is 250 g/mol. The lowest BCUT2D eigenvalue weighted by Crippen LogP contribution is -2.32. The summed E-state index contributed by atoms with van der Waals surface area (Å²) < 4.78 is 0. The Labute approximate surface area is 111 Å². The van der Waals surface area contributed by atoms with Gasteiger partial charge in [-0.05, 0) is 19.9 Å². The van der Waals surface area contributed by atoms with Crippen molar-refractivity contribution < 1.29 is 14.8 Å². The van der Waals surface area contributed by atoms with Gasteiger partial charge in [-0.15, -0.1) is 0 Å². The predicted molar refractivity (Wildman–Crippen MR) is 70.3 cm³/mol. The summed E-state index contributed by atoms with van der Waals surface area (Å²) in [5.74, 6) is -1.34. The first-order valence-corrected chi connectivity index (χ1v) is 5.96. The average Bonchev–Trinajstić information content (AvgIpc) is 2.34. The first kappa shape index (κ1) is 14.9. The van der Waals surface area contributed by atoms with Crippen molar-refractivity contribution in [2.45, 2.75) is 20.8 Å². The van der Waals surface area contributed by atoms with Crippen LogP contribution >= 0.6 is 0 Å². The molecule has 0 aromatic carbocycles. The summed E-state index contributed by atoms with van der Waals surface area (Å²) in [4.78, 5) is 27.2. The maximum Gasteiger partial charge on any atom is 0.314 e. The van der Waals surface area contributed by atoms with Crippen LogP contribution in [-0.2, 0) is 4.79 Å². The van der Waals surface area contributed by atoms with Gasteiger partial charge in [-0.3, -0.25) is 14.9 Å². The van der Waals surface area contributed by atoms with Gasteiger partial charge < -0.3 is 10.0 Å². The lowest BCUT2D eigenvalue weighted by atomic mass is 10.1. The molecule has 0 aliphatic rings. The molecule has 1 aromatic rings. The second-order valence-corrected chi connectivity index (χ2v) is 4.34. The van der Waals surface area contributed by atoms with Crippen LogP contribution in [0.25, 0.3) is 0 Å². The van der Waals surface area contributed by atoms with Crippen LogP contribution in [0.2, 0.25) is 0 Å². The van der Waals surface area contributed by atoms with E-state index in [0.29, 0.717) is 12.1 Å². The van der Waals surface area contributed by atoms with Gasteiger partial charge in [0, 0.05) is 24.8 Å². The Bertz CT molecular complexity index is 490. The van der Waals surface area contributed by atoms with Crippen molar-refractivity contribution >= 4 is 17.5 Å². The topological polar surface area (TPSA) is 96.6 Å². The fourth-order valence-electron chi connectivity index (χ4n) is 1.77. The summed E-state index contributed by atoms with van der Waals surface area (Å²) in [5, 5.41) is 20.0. The molecule has 104 valence electrons. The minimum absolute atomic E-state index is 0.0676. The number of aromatic nitrogens is 1. The van der Waals surface area contributed by atoms with Crippen LogP contribution in [0.1, 0.15) is 19.4 Å². The molecule has 7 heteroatoms. The van der Waals surface area contributed by atoms with E-state index in [1.54, 1.807) is 24.8 Å². The molecule has 0 bridgehead atoms. The molecule has 1 aromatic heterocycles. The van der Waals surface area contributed by atoms with Crippen molar-refractivity contribution in [3.8, 4) is 0 Å². The standard InChI is InChI=1S/C12H17N3O4/c1-4-14(7-9(3)12(16)17)11-10(15(18)19)8(2)5-6-13-11/h5-6,9H,4,7H2,1-3H3,(H,16,17). The highest BCUT2D eigenvalue weighted by atomic mass is 16.6. The largest absolute Gasteiger partial charge is 0.481 e. The van der Waals surface area contributed by atoms with Crippen LogP contribution in [0, 0.1) is 23.0 Å². The molecule has 0 amide bonds. The van der Waals surface area contributed by atoms with Crippen LogP contribution in [0.15, 0.2) is 12.3 Å². The molecule has 1 atom stereocenters. The van der Waals surface area contributed by atoms with Crippen LogP contribution in [0.5, 0.6) is 0 Å². The summed E-state index contributed by atoms with van der Waals surface area (Å²) in [5.41, 5.74) is 0.443. The molecule has 1 rings (SSSR count). The van der Waals surface area contributed by atoms with Gasteiger partial charge in [0.2, 0.25) is 5.82 Å². The molecular formula is C12H17N3O4. The summed E-state index contributed by atoms with van der Waals surface area (Å²) in [6, 6.07) is 1.57. The number of rotatable bonds is 6. The highest BCUT2D eigenvalue weighted by Gasteiger charge is 2.25. The number of nitrogens with zero attached hydrogens (tertiary/aromatic N) is 3. The van der Waals surface area contributed by atoms with Crippen LogP contribution in [0.4, 0.5) is 11.5 Å². The van der Waals surface area contributed by atoms with Crippen LogP contribution in [-0.4, -0.2) is 34.1 Å². The van der Waals surface area contributed by atoms with E-state index in [9.17, 15) is 14.9 Å². The Morgan fingerprint density at radius 1 is 1.63 bits per heavy atom. The molecule has 0 radical (unpaired) electrons. The van der Waals surface area contributed by atoms with E-state index in [2.05, 4.69) is 4.98 Å². The number of aliphatic carboxylic acids is 1. The van der Waals surface area contributed by atoms with Crippen LogP contribution < -0.4 is 4.90 Å². The fourth-order valence-corrected chi connectivity index (χ4v) is 1.77. The van der Waals surface area contributed by atoms with Gasteiger partial charge in [-0.25, -0.2) is 4.98 Å². The Morgan fingerprint density at radius 2 is 2.26 bits per heavy atom. The monoisotopic (exact) mass is 267 g/mol. The van der Waals surface area contributed by atoms with Crippen molar-refractivity contribution in [2.75, 3.05) is 18.0 Å². The quantitative estimate of drug-likeness (QED) is 0.624. The van der Waals surface area contributed by atoms with Gasteiger partial charge >= 0.3 is 11.7 Å². The maximum atomic E-state index is 11.1. The lowest BCUT2D eigenvalue weighted by Gasteiger charge is -2.23.